The quantitative estimate of drug-likeness (QED) is 0.806. The molecule has 0 bridgehead atoms. The van der Waals surface area contributed by atoms with Gasteiger partial charge in [0, 0.05) is 17.9 Å². The molecule has 2 N–H and O–H groups in total. The van der Waals surface area contributed by atoms with Crippen molar-refractivity contribution in [2.75, 3.05) is 13.2 Å². The molecule has 0 aromatic carbocycles. The van der Waals surface area contributed by atoms with Crippen molar-refractivity contribution in [1.82, 2.24) is 4.98 Å². The average Bonchev–Trinajstić information content (AvgIpc) is 2.73. The molecular weight excluding hydrogens is 196 g/mol. The van der Waals surface area contributed by atoms with Gasteiger partial charge in [-0.3, -0.25) is 0 Å². The zero-order chi connectivity index (χ0) is 9.60. The SMILES string of the molecule is NC1(c2csc(C3CCOC3)n2)CC1. The summed E-state index contributed by atoms with van der Waals surface area (Å²) >= 11 is 1.74. The highest BCUT2D eigenvalue weighted by Crippen LogP contribution is 2.43. The third-order valence-electron chi connectivity index (χ3n) is 3.10. The lowest BCUT2D eigenvalue weighted by Gasteiger charge is -2.04. The van der Waals surface area contributed by atoms with E-state index in [9.17, 15) is 0 Å². The second-order valence-electron chi connectivity index (χ2n) is 4.29. The minimum absolute atomic E-state index is 0.0752. The first-order chi connectivity index (χ1) is 6.78. The lowest BCUT2D eigenvalue weighted by Crippen LogP contribution is -2.19. The number of nitrogens with zero attached hydrogens (tertiary/aromatic N) is 1. The van der Waals surface area contributed by atoms with Gasteiger partial charge < -0.3 is 10.5 Å². The molecule has 1 atom stereocenters. The van der Waals surface area contributed by atoms with Crippen LogP contribution in [-0.2, 0) is 10.3 Å². The van der Waals surface area contributed by atoms with Crippen molar-refractivity contribution >= 4 is 11.3 Å². The van der Waals surface area contributed by atoms with Gasteiger partial charge in [-0.15, -0.1) is 11.3 Å². The topological polar surface area (TPSA) is 48.1 Å². The molecule has 1 aromatic rings. The van der Waals surface area contributed by atoms with Crippen LogP contribution in [0.3, 0.4) is 0 Å². The van der Waals surface area contributed by atoms with Crippen molar-refractivity contribution in [1.29, 1.82) is 0 Å². The molecular formula is C10H14N2OS. The fourth-order valence-electron chi connectivity index (χ4n) is 1.82. The van der Waals surface area contributed by atoms with E-state index >= 15 is 0 Å². The van der Waals surface area contributed by atoms with Crippen LogP contribution in [0.1, 0.15) is 35.9 Å². The Morgan fingerprint density at radius 1 is 1.57 bits per heavy atom. The molecule has 0 spiro atoms. The van der Waals surface area contributed by atoms with Crippen molar-refractivity contribution in [2.24, 2.45) is 5.73 Å². The molecule has 3 nitrogen and oxygen atoms in total. The van der Waals surface area contributed by atoms with E-state index in [1.54, 1.807) is 11.3 Å². The lowest BCUT2D eigenvalue weighted by molar-refractivity contribution is 0.194. The van der Waals surface area contributed by atoms with Gasteiger partial charge in [0.15, 0.2) is 0 Å². The van der Waals surface area contributed by atoms with E-state index in [-0.39, 0.29) is 5.54 Å². The Bertz CT molecular complexity index is 340. The van der Waals surface area contributed by atoms with E-state index < -0.39 is 0 Å². The number of aromatic nitrogens is 1. The first kappa shape index (κ1) is 8.83. The summed E-state index contributed by atoms with van der Waals surface area (Å²) in [6.45, 7) is 1.72. The summed E-state index contributed by atoms with van der Waals surface area (Å²) in [5, 5.41) is 3.34. The van der Waals surface area contributed by atoms with Gasteiger partial charge in [0.2, 0.25) is 0 Å². The summed E-state index contributed by atoms with van der Waals surface area (Å²) in [4.78, 5) is 4.64. The maximum atomic E-state index is 6.09. The molecule has 1 saturated carbocycles. The summed E-state index contributed by atoms with van der Waals surface area (Å²) in [6, 6.07) is 0. The van der Waals surface area contributed by atoms with Gasteiger partial charge in [0.25, 0.3) is 0 Å². The van der Waals surface area contributed by atoms with Crippen LogP contribution in [0.15, 0.2) is 5.38 Å². The standard InChI is InChI=1S/C10H14N2OS/c11-10(2-3-10)8-6-14-9(12-8)7-1-4-13-5-7/h6-7H,1-5,11H2. The van der Waals surface area contributed by atoms with Gasteiger partial charge in [-0.25, -0.2) is 4.98 Å². The zero-order valence-corrected chi connectivity index (χ0v) is 8.85. The van der Waals surface area contributed by atoms with Crippen LogP contribution in [0, 0.1) is 0 Å². The third kappa shape index (κ3) is 1.38. The monoisotopic (exact) mass is 210 g/mol. The first-order valence-electron chi connectivity index (χ1n) is 5.10. The summed E-state index contributed by atoms with van der Waals surface area (Å²) in [7, 11) is 0. The van der Waals surface area contributed by atoms with Gasteiger partial charge in [-0.2, -0.15) is 0 Å². The Hall–Kier alpha value is -0.450. The number of thiazole rings is 1. The Kier molecular flexibility index (Phi) is 1.90. The normalized spacial score (nSPS) is 29.4. The molecule has 2 aliphatic rings. The number of rotatable bonds is 2. The highest BCUT2D eigenvalue weighted by molar-refractivity contribution is 7.09. The van der Waals surface area contributed by atoms with Crippen molar-refractivity contribution < 1.29 is 4.74 Å². The largest absolute Gasteiger partial charge is 0.381 e. The molecule has 1 aliphatic heterocycles. The van der Waals surface area contributed by atoms with Crippen molar-refractivity contribution in [3.8, 4) is 0 Å². The lowest BCUT2D eigenvalue weighted by atomic mass is 10.1. The van der Waals surface area contributed by atoms with E-state index in [1.165, 1.54) is 5.01 Å². The van der Waals surface area contributed by atoms with E-state index in [0.717, 1.165) is 38.2 Å². The second-order valence-corrected chi connectivity index (χ2v) is 5.18. The fourth-order valence-corrected chi connectivity index (χ4v) is 2.87. The molecule has 1 unspecified atom stereocenters. The predicted octanol–water partition coefficient (Wildman–Crippen LogP) is 1.59. The van der Waals surface area contributed by atoms with Crippen LogP contribution in [0.4, 0.5) is 0 Å². The number of hydrogen-bond donors (Lipinski definition) is 1. The van der Waals surface area contributed by atoms with Crippen LogP contribution < -0.4 is 5.73 Å². The molecule has 2 heterocycles. The van der Waals surface area contributed by atoms with Crippen LogP contribution in [0.2, 0.25) is 0 Å². The van der Waals surface area contributed by atoms with Crippen LogP contribution >= 0.6 is 11.3 Å². The van der Waals surface area contributed by atoms with Gasteiger partial charge in [0.05, 0.1) is 22.8 Å². The van der Waals surface area contributed by atoms with Gasteiger partial charge in [-0.05, 0) is 19.3 Å². The molecule has 1 aromatic heterocycles. The Morgan fingerprint density at radius 2 is 2.43 bits per heavy atom. The van der Waals surface area contributed by atoms with Crippen molar-refractivity contribution in [3.05, 3.63) is 16.1 Å². The minimum atomic E-state index is -0.0752. The van der Waals surface area contributed by atoms with Crippen molar-refractivity contribution in [2.45, 2.75) is 30.7 Å². The fraction of sp³-hybridized carbons (Fsp3) is 0.700. The smallest absolute Gasteiger partial charge is 0.0984 e. The second kappa shape index (κ2) is 3.02. The average molecular weight is 210 g/mol. The summed E-state index contributed by atoms with van der Waals surface area (Å²) in [5.41, 5.74) is 7.12. The van der Waals surface area contributed by atoms with Crippen molar-refractivity contribution in [3.63, 3.8) is 0 Å². The van der Waals surface area contributed by atoms with Crippen LogP contribution in [-0.4, -0.2) is 18.2 Å². The molecule has 76 valence electrons. The molecule has 4 heteroatoms. The molecule has 14 heavy (non-hydrogen) atoms. The number of hydrogen-bond acceptors (Lipinski definition) is 4. The molecule has 1 aliphatic carbocycles. The first-order valence-corrected chi connectivity index (χ1v) is 5.98. The summed E-state index contributed by atoms with van der Waals surface area (Å²) in [6.07, 6.45) is 3.30. The molecule has 3 rings (SSSR count). The highest BCUT2D eigenvalue weighted by atomic mass is 32.1. The predicted molar refractivity (Wildman–Crippen MR) is 55.4 cm³/mol. The third-order valence-corrected chi connectivity index (χ3v) is 4.11. The Balaban J connectivity index is 1.82. The highest BCUT2D eigenvalue weighted by Gasteiger charge is 2.42. The Morgan fingerprint density at radius 3 is 3.07 bits per heavy atom. The van der Waals surface area contributed by atoms with Gasteiger partial charge >= 0.3 is 0 Å². The summed E-state index contributed by atoms with van der Waals surface area (Å²) < 4.78 is 5.36. The number of ether oxygens (including phenoxy) is 1. The molecule has 0 amide bonds. The molecule has 2 fully saturated rings. The van der Waals surface area contributed by atoms with Crippen LogP contribution in [0.25, 0.3) is 0 Å². The van der Waals surface area contributed by atoms with E-state index in [4.69, 9.17) is 10.5 Å². The van der Waals surface area contributed by atoms with E-state index in [1.807, 2.05) is 0 Å². The Labute approximate surface area is 87.3 Å². The minimum Gasteiger partial charge on any atom is -0.381 e. The van der Waals surface area contributed by atoms with Gasteiger partial charge in [-0.1, -0.05) is 0 Å². The zero-order valence-electron chi connectivity index (χ0n) is 8.03. The maximum absolute atomic E-state index is 6.09. The number of nitrogens with two attached hydrogens (primary N) is 1. The van der Waals surface area contributed by atoms with Gasteiger partial charge in [0.1, 0.15) is 0 Å². The van der Waals surface area contributed by atoms with E-state index in [2.05, 4.69) is 10.4 Å². The molecule has 0 radical (unpaired) electrons. The van der Waals surface area contributed by atoms with E-state index in [0.29, 0.717) is 5.92 Å². The summed E-state index contributed by atoms with van der Waals surface area (Å²) in [5.74, 6) is 0.524. The van der Waals surface area contributed by atoms with Crippen LogP contribution in [0.5, 0.6) is 0 Å². The maximum Gasteiger partial charge on any atom is 0.0984 e. The molecule has 1 saturated heterocycles.